The van der Waals surface area contributed by atoms with Gasteiger partial charge in [0.1, 0.15) is 0 Å². The predicted octanol–water partition coefficient (Wildman–Crippen LogP) is 13.9. The summed E-state index contributed by atoms with van der Waals surface area (Å²) in [6, 6.07) is 13.8. The standard InChI is InChI=1S/C44H34Cl8N8O6/c1-5-21-11-36(54-44(66)40(20(4)62)60-58-24-8-10-28(46)26(14-24)42(64)56-38-18-32(50)30(48)16-34(38)52)22(6-2)12-35(21)53-43(65)39(19(3)61)59-57-23-7-9-27(45)25(13-23)41(63)55-37-17-31(49)29(47)15-33(37)51/h7-18,39-40H,5-6H2,1-4H3,(H,53,65)(H,54,66)(H,55,63)(H,56,64). The van der Waals surface area contributed by atoms with Crippen LogP contribution < -0.4 is 21.3 Å². The molecule has 14 nitrogen and oxygen atoms in total. The fourth-order valence-corrected chi connectivity index (χ4v) is 7.50. The molecule has 0 aliphatic rings. The lowest BCUT2D eigenvalue weighted by atomic mass is 10.0. The minimum Gasteiger partial charge on any atom is -0.323 e. The second-order valence-corrected chi connectivity index (χ2v) is 17.3. The van der Waals surface area contributed by atoms with Crippen molar-refractivity contribution in [3.05, 3.63) is 135 Å². The maximum atomic E-state index is 13.6. The highest BCUT2D eigenvalue weighted by Gasteiger charge is 2.27. The third-order valence-corrected chi connectivity index (χ3v) is 12.1. The molecule has 0 saturated heterocycles. The molecule has 0 fully saturated rings. The highest BCUT2D eigenvalue weighted by Crippen LogP contribution is 2.35. The Bertz CT molecular complexity index is 2670. The SMILES string of the molecule is CCc1cc(NC(=O)C(N=Nc2ccc(Cl)c(C(=O)Nc3cc(Cl)c(Cl)cc3Cl)c2)C(C)=O)c(CC)cc1NC(=O)C(N=Nc1ccc(Cl)c(C(=O)Nc2cc(Cl)c(Cl)cc2Cl)c1)C(C)=O. The molecule has 0 aromatic heterocycles. The number of anilines is 4. The lowest BCUT2D eigenvalue weighted by Gasteiger charge is -2.18. The molecule has 2 unspecified atom stereocenters. The lowest BCUT2D eigenvalue weighted by Crippen LogP contribution is -2.33. The zero-order valence-corrected chi connectivity index (χ0v) is 40.8. The van der Waals surface area contributed by atoms with Crippen molar-refractivity contribution >= 4 is 162 Å². The van der Waals surface area contributed by atoms with Gasteiger partial charge in [-0.15, -0.1) is 0 Å². The van der Waals surface area contributed by atoms with E-state index in [-0.39, 0.29) is 74.1 Å². The molecule has 0 radical (unpaired) electrons. The number of carbonyl (C=O) groups is 6. The van der Waals surface area contributed by atoms with E-state index in [2.05, 4.69) is 41.7 Å². The maximum absolute atomic E-state index is 13.6. The van der Waals surface area contributed by atoms with Gasteiger partial charge in [-0.05, 0) is 111 Å². The van der Waals surface area contributed by atoms with Crippen molar-refractivity contribution in [3.63, 3.8) is 0 Å². The summed E-state index contributed by atoms with van der Waals surface area (Å²) in [5.41, 5.74) is 2.28. The first-order valence-corrected chi connectivity index (χ1v) is 22.3. The van der Waals surface area contributed by atoms with Gasteiger partial charge in [-0.1, -0.05) is 107 Å². The molecule has 0 aliphatic heterocycles. The van der Waals surface area contributed by atoms with E-state index in [0.29, 0.717) is 35.3 Å². The molecular formula is C44H34Cl8N8O6. The number of ketones is 2. The van der Waals surface area contributed by atoms with Crippen LogP contribution in [0.15, 0.2) is 93.3 Å². The van der Waals surface area contributed by atoms with E-state index in [1.54, 1.807) is 26.0 Å². The van der Waals surface area contributed by atoms with E-state index in [1.807, 2.05) is 0 Å². The van der Waals surface area contributed by atoms with E-state index < -0.39 is 47.3 Å². The monoisotopic (exact) mass is 1050 g/mol. The topological polar surface area (TPSA) is 200 Å². The second-order valence-electron chi connectivity index (χ2n) is 14.0. The number of rotatable bonds is 16. The molecule has 0 saturated carbocycles. The van der Waals surface area contributed by atoms with Crippen molar-refractivity contribution in [1.82, 2.24) is 0 Å². The summed E-state index contributed by atoms with van der Waals surface area (Å²) in [4.78, 5) is 78.9. The predicted molar refractivity (Wildman–Crippen MR) is 262 cm³/mol. The summed E-state index contributed by atoms with van der Waals surface area (Å²) >= 11 is 49.2. The van der Waals surface area contributed by atoms with Crippen molar-refractivity contribution in [1.29, 1.82) is 0 Å². The van der Waals surface area contributed by atoms with E-state index in [4.69, 9.17) is 92.8 Å². The number of carbonyl (C=O) groups excluding carboxylic acids is 6. The summed E-state index contributed by atoms with van der Waals surface area (Å²) in [5, 5.41) is 27.9. The van der Waals surface area contributed by atoms with Gasteiger partial charge in [-0.25, -0.2) is 0 Å². The van der Waals surface area contributed by atoms with Gasteiger partial charge in [-0.2, -0.15) is 20.5 Å². The molecule has 22 heteroatoms. The van der Waals surface area contributed by atoms with Crippen LogP contribution >= 0.6 is 92.8 Å². The third-order valence-electron chi connectivity index (χ3n) is 9.36. The minimum atomic E-state index is -1.60. The minimum absolute atomic E-state index is 0.0191. The van der Waals surface area contributed by atoms with Crippen LogP contribution in [0.25, 0.3) is 0 Å². The van der Waals surface area contributed by atoms with Gasteiger partial charge in [-0.3, -0.25) is 28.8 Å². The van der Waals surface area contributed by atoms with Gasteiger partial charge in [0.05, 0.1) is 74.1 Å². The van der Waals surface area contributed by atoms with Gasteiger partial charge >= 0.3 is 0 Å². The first-order chi connectivity index (χ1) is 31.2. The molecule has 0 aliphatic carbocycles. The largest absolute Gasteiger partial charge is 0.323 e. The zero-order valence-electron chi connectivity index (χ0n) is 34.8. The van der Waals surface area contributed by atoms with Gasteiger partial charge < -0.3 is 21.3 Å². The van der Waals surface area contributed by atoms with E-state index in [9.17, 15) is 28.8 Å². The molecule has 0 spiro atoms. The molecule has 0 bridgehead atoms. The number of benzene rings is 5. The van der Waals surface area contributed by atoms with Gasteiger partial charge in [0.25, 0.3) is 23.6 Å². The molecule has 66 heavy (non-hydrogen) atoms. The average Bonchev–Trinajstić information content (AvgIpc) is 3.25. The third kappa shape index (κ3) is 13.0. The first-order valence-electron chi connectivity index (χ1n) is 19.3. The Morgan fingerprint density at radius 1 is 0.439 bits per heavy atom. The molecule has 5 aromatic carbocycles. The summed E-state index contributed by atoms with van der Waals surface area (Å²) < 4.78 is 0. The molecule has 5 aromatic rings. The molecule has 4 amide bonds. The average molecular weight is 1050 g/mol. The smallest absolute Gasteiger partial charge is 0.258 e. The fourth-order valence-electron chi connectivity index (χ4n) is 5.91. The molecule has 2 atom stereocenters. The molecule has 4 N–H and O–H groups in total. The maximum Gasteiger partial charge on any atom is 0.258 e. The Labute approximate surface area is 417 Å². The number of amides is 4. The number of hydrogen-bond acceptors (Lipinski definition) is 10. The Balaban J connectivity index is 1.31. The number of nitrogens with one attached hydrogen (secondary N) is 4. The lowest BCUT2D eigenvalue weighted by molar-refractivity contribution is -0.127. The van der Waals surface area contributed by atoms with Crippen molar-refractivity contribution < 1.29 is 28.8 Å². The fraction of sp³-hybridized carbons (Fsp3) is 0.182. The van der Waals surface area contributed by atoms with Gasteiger partial charge in [0, 0.05) is 11.4 Å². The summed E-state index contributed by atoms with van der Waals surface area (Å²) in [6.45, 7) is 5.95. The number of hydrogen-bond donors (Lipinski definition) is 4. The van der Waals surface area contributed by atoms with Crippen LogP contribution in [-0.2, 0) is 32.0 Å². The Kier molecular flexibility index (Phi) is 18.1. The van der Waals surface area contributed by atoms with Crippen LogP contribution in [0, 0.1) is 0 Å². The normalized spacial score (nSPS) is 12.2. The molecule has 0 heterocycles. The number of Topliss-reactive ketones (excluding diaryl/α,β-unsaturated/α-hetero) is 2. The Morgan fingerprint density at radius 2 is 0.788 bits per heavy atom. The highest BCUT2D eigenvalue weighted by molar-refractivity contribution is 6.45. The highest BCUT2D eigenvalue weighted by atomic mass is 35.5. The van der Waals surface area contributed by atoms with E-state index in [0.717, 1.165) is 0 Å². The van der Waals surface area contributed by atoms with Crippen LogP contribution in [0.5, 0.6) is 0 Å². The molecule has 5 rings (SSSR count). The Morgan fingerprint density at radius 3 is 1.12 bits per heavy atom. The Hall–Kier alpha value is -5.16. The van der Waals surface area contributed by atoms with E-state index >= 15 is 0 Å². The second kappa shape index (κ2) is 23.0. The van der Waals surface area contributed by atoms with Gasteiger partial charge in [0.2, 0.25) is 12.1 Å². The number of halogens is 8. The summed E-state index contributed by atoms with van der Waals surface area (Å²) in [5.74, 6) is -4.21. The van der Waals surface area contributed by atoms with Crippen molar-refractivity contribution in [2.75, 3.05) is 21.3 Å². The number of aryl methyl sites for hydroxylation is 2. The summed E-state index contributed by atoms with van der Waals surface area (Å²) in [6.07, 6.45) is 0.717. The molecule has 342 valence electrons. The van der Waals surface area contributed by atoms with E-state index in [1.165, 1.54) is 74.5 Å². The van der Waals surface area contributed by atoms with Crippen molar-refractivity contribution in [2.24, 2.45) is 20.5 Å². The van der Waals surface area contributed by atoms with Crippen LogP contribution in [0.3, 0.4) is 0 Å². The van der Waals surface area contributed by atoms with Crippen LogP contribution in [0.1, 0.15) is 59.5 Å². The summed E-state index contributed by atoms with van der Waals surface area (Å²) in [7, 11) is 0. The van der Waals surface area contributed by atoms with Crippen molar-refractivity contribution in [2.45, 2.75) is 52.6 Å². The quantitative estimate of drug-likeness (QED) is 0.0430. The number of azo groups is 2. The van der Waals surface area contributed by atoms with Crippen LogP contribution in [-0.4, -0.2) is 47.3 Å². The van der Waals surface area contributed by atoms with Gasteiger partial charge in [0.15, 0.2) is 11.6 Å². The number of nitrogens with zero attached hydrogens (tertiary/aromatic N) is 4. The van der Waals surface area contributed by atoms with Crippen LogP contribution in [0.4, 0.5) is 34.1 Å². The zero-order chi connectivity index (χ0) is 48.6. The molecular weight excluding hydrogens is 1020 g/mol. The van der Waals surface area contributed by atoms with Crippen molar-refractivity contribution in [3.8, 4) is 0 Å². The first kappa shape index (κ1) is 51.8. The van der Waals surface area contributed by atoms with Crippen LogP contribution in [0.2, 0.25) is 40.2 Å².